The maximum atomic E-state index is 3.99. The molecule has 1 atom stereocenters. The molecule has 0 aliphatic carbocycles. The number of nitrogens with zero attached hydrogens (tertiary/aromatic N) is 1. The first-order valence-corrected chi connectivity index (χ1v) is 6.78. The van der Waals surface area contributed by atoms with Gasteiger partial charge in [-0.2, -0.15) is 0 Å². The van der Waals surface area contributed by atoms with Crippen molar-refractivity contribution in [2.75, 3.05) is 25.0 Å². The summed E-state index contributed by atoms with van der Waals surface area (Å²) in [5.41, 5.74) is 3.83. The molecule has 0 aromatic heterocycles. The Kier molecular flexibility index (Phi) is 5.93. The van der Waals surface area contributed by atoms with Crippen LogP contribution in [0.15, 0.2) is 36.4 Å². The van der Waals surface area contributed by atoms with Crippen molar-refractivity contribution in [3.8, 4) is 0 Å². The number of likely N-dealkylation sites (N-methyl/N-ethyl adjacent to an activating group) is 1. The highest BCUT2D eigenvalue weighted by Gasteiger charge is 2.08. The van der Waals surface area contributed by atoms with Crippen molar-refractivity contribution < 1.29 is 0 Å². The molecule has 0 bridgehead atoms. The minimum Gasteiger partial charge on any atom is -0.368 e. The normalized spacial score (nSPS) is 12.2. The van der Waals surface area contributed by atoms with E-state index in [9.17, 15) is 0 Å². The van der Waals surface area contributed by atoms with Gasteiger partial charge in [0.1, 0.15) is 0 Å². The first-order valence-electron chi connectivity index (χ1n) is 6.78. The summed E-state index contributed by atoms with van der Waals surface area (Å²) in [6, 6.07) is 9.32. The van der Waals surface area contributed by atoms with E-state index in [0.29, 0.717) is 6.04 Å². The van der Waals surface area contributed by atoms with E-state index in [-0.39, 0.29) is 0 Å². The van der Waals surface area contributed by atoms with E-state index in [0.717, 1.165) is 19.5 Å². The third-order valence-electron chi connectivity index (χ3n) is 3.26. The Morgan fingerprint density at radius 2 is 1.89 bits per heavy atom. The summed E-state index contributed by atoms with van der Waals surface area (Å²) < 4.78 is 0. The van der Waals surface area contributed by atoms with E-state index in [1.165, 1.54) is 16.8 Å². The summed E-state index contributed by atoms with van der Waals surface area (Å²) >= 11 is 0. The van der Waals surface area contributed by atoms with Crippen LogP contribution in [0.1, 0.15) is 38.8 Å². The molecule has 1 unspecified atom stereocenters. The zero-order chi connectivity index (χ0) is 13.5. The van der Waals surface area contributed by atoms with Crippen molar-refractivity contribution in [2.45, 2.75) is 33.2 Å². The highest BCUT2D eigenvalue weighted by molar-refractivity contribution is 5.49. The molecule has 0 aliphatic rings. The summed E-state index contributed by atoms with van der Waals surface area (Å²) in [6.07, 6.45) is 1.11. The van der Waals surface area contributed by atoms with Gasteiger partial charge in [-0.15, -0.1) is 0 Å². The molecule has 18 heavy (non-hydrogen) atoms. The predicted octanol–water partition coefficient (Wildman–Crippen LogP) is 3.76. The zero-order valence-corrected chi connectivity index (χ0v) is 12.2. The van der Waals surface area contributed by atoms with Gasteiger partial charge in [-0.3, -0.25) is 0 Å². The third kappa shape index (κ3) is 3.88. The van der Waals surface area contributed by atoms with Crippen molar-refractivity contribution in [3.05, 3.63) is 42.0 Å². The SMILES string of the molecule is C=C(C)CN(CC)c1ccc(C(CC)NC)cc1. The van der Waals surface area contributed by atoms with Gasteiger partial charge in [0.25, 0.3) is 0 Å². The monoisotopic (exact) mass is 246 g/mol. The van der Waals surface area contributed by atoms with Crippen LogP contribution in [0.5, 0.6) is 0 Å². The molecule has 0 heterocycles. The Hall–Kier alpha value is -1.28. The van der Waals surface area contributed by atoms with E-state index < -0.39 is 0 Å². The van der Waals surface area contributed by atoms with Crippen LogP contribution in [0.25, 0.3) is 0 Å². The minimum absolute atomic E-state index is 0.454. The van der Waals surface area contributed by atoms with Crippen molar-refractivity contribution in [3.63, 3.8) is 0 Å². The van der Waals surface area contributed by atoms with Crippen molar-refractivity contribution in [1.29, 1.82) is 0 Å². The molecule has 1 rings (SSSR count). The maximum absolute atomic E-state index is 3.99. The molecule has 0 saturated carbocycles. The Morgan fingerprint density at radius 3 is 2.28 bits per heavy atom. The third-order valence-corrected chi connectivity index (χ3v) is 3.26. The second-order valence-electron chi connectivity index (χ2n) is 4.81. The molecule has 0 amide bonds. The van der Waals surface area contributed by atoms with Crippen LogP contribution in [0, 0.1) is 0 Å². The Morgan fingerprint density at radius 1 is 1.28 bits per heavy atom. The first-order chi connectivity index (χ1) is 8.62. The van der Waals surface area contributed by atoms with Crippen LogP contribution in [-0.4, -0.2) is 20.1 Å². The maximum Gasteiger partial charge on any atom is 0.0383 e. The second-order valence-corrected chi connectivity index (χ2v) is 4.81. The molecule has 0 aliphatic heterocycles. The summed E-state index contributed by atoms with van der Waals surface area (Å²) in [7, 11) is 2.02. The molecular formula is C16H26N2. The van der Waals surface area contributed by atoms with Crippen LogP contribution in [0.3, 0.4) is 0 Å². The fraction of sp³-hybridized carbons (Fsp3) is 0.500. The number of nitrogens with one attached hydrogen (secondary N) is 1. The number of anilines is 1. The van der Waals surface area contributed by atoms with Gasteiger partial charge in [0.15, 0.2) is 0 Å². The van der Waals surface area contributed by atoms with E-state index in [4.69, 9.17) is 0 Å². The standard InChI is InChI=1S/C16H26N2/c1-6-16(17-5)14-8-10-15(11-9-14)18(7-2)12-13(3)4/h8-11,16-17H,3,6-7,12H2,1-2,4-5H3. The van der Waals surface area contributed by atoms with E-state index >= 15 is 0 Å². The molecule has 0 saturated heterocycles. The van der Waals surface area contributed by atoms with E-state index in [2.05, 4.69) is 61.8 Å². The number of hydrogen-bond donors (Lipinski definition) is 1. The smallest absolute Gasteiger partial charge is 0.0383 e. The average Bonchev–Trinajstić information content (AvgIpc) is 2.38. The first kappa shape index (κ1) is 14.8. The second kappa shape index (κ2) is 7.22. The van der Waals surface area contributed by atoms with Crippen molar-refractivity contribution in [2.24, 2.45) is 0 Å². The Bertz CT molecular complexity index is 363. The fourth-order valence-corrected chi connectivity index (χ4v) is 2.24. The van der Waals surface area contributed by atoms with Gasteiger partial charge in [-0.1, -0.05) is 31.2 Å². The number of rotatable bonds is 7. The molecule has 0 radical (unpaired) electrons. The molecule has 0 spiro atoms. The largest absolute Gasteiger partial charge is 0.368 e. The predicted molar refractivity (Wildman–Crippen MR) is 81.2 cm³/mol. The average molecular weight is 246 g/mol. The van der Waals surface area contributed by atoms with Gasteiger partial charge in [-0.25, -0.2) is 0 Å². The van der Waals surface area contributed by atoms with Gasteiger partial charge < -0.3 is 10.2 Å². The molecule has 2 nitrogen and oxygen atoms in total. The highest BCUT2D eigenvalue weighted by atomic mass is 15.1. The molecule has 1 aromatic rings. The highest BCUT2D eigenvalue weighted by Crippen LogP contribution is 2.21. The minimum atomic E-state index is 0.454. The van der Waals surface area contributed by atoms with Gasteiger partial charge in [-0.05, 0) is 45.0 Å². The lowest BCUT2D eigenvalue weighted by Gasteiger charge is -2.24. The molecule has 1 N–H and O–H groups in total. The van der Waals surface area contributed by atoms with Gasteiger partial charge in [0, 0.05) is 24.8 Å². The number of hydrogen-bond acceptors (Lipinski definition) is 2. The van der Waals surface area contributed by atoms with E-state index in [1.807, 2.05) is 7.05 Å². The van der Waals surface area contributed by atoms with Gasteiger partial charge >= 0.3 is 0 Å². The van der Waals surface area contributed by atoms with Crippen molar-refractivity contribution in [1.82, 2.24) is 5.32 Å². The van der Waals surface area contributed by atoms with Crippen molar-refractivity contribution >= 4 is 5.69 Å². The summed E-state index contributed by atoms with van der Waals surface area (Å²) in [6.45, 7) is 12.4. The molecule has 2 heteroatoms. The molecule has 100 valence electrons. The topological polar surface area (TPSA) is 15.3 Å². The quantitative estimate of drug-likeness (QED) is 0.737. The van der Waals surface area contributed by atoms with E-state index in [1.54, 1.807) is 0 Å². The lowest BCUT2D eigenvalue weighted by Crippen LogP contribution is -2.24. The summed E-state index contributed by atoms with van der Waals surface area (Å²) in [5.74, 6) is 0. The van der Waals surface area contributed by atoms with Crippen LogP contribution in [-0.2, 0) is 0 Å². The molecule has 0 fully saturated rings. The number of benzene rings is 1. The van der Waals surface area contributed by atoms with Crippen LogP contribution < -0.4 is 10.2 Å². The van der Waals surface area contributed by atoms with Crippen LogP contribution in [0.4, 0.5) is 5.69 Å². The zero-order valence-electron chi connectivity index (χ0n) is 12.2. The lowest BCUT2D eigenvalue weighted by atomic mass is 10.0. The van der Waals surface area contributed by atoms with Gasteiger partial charge in [0.2, 0.25) is 0 Å². The van der Waals surface area contributed by atoms with Gasteiger partial charge in [0.05, 0.1) is 0 Å². The molecule has 1 aromatic carbocycles. The summed E-state index contributed by atoms with van der Waals surface area (Å²) in [4.78, 5) is 2.34. The van der Waals surface area contributed by atoms with Crippen LogP contribution in [0.2, 0.25) is 0 Å². The molecular weight excluding hydrogens is 220 g/mol. The Labute approximate surface area is 112 Å². The Balaban J connectivity index is 2.83. The fourth-order valence-electron chi connectivity index (χ4n) is 2.24. The lowest BCUT2D eigenvalue weighted by molar-refractivity contribution is 0.577. The van der Waals surface area contributed by atoms with Crippen LogP contribution >= 0.6 is 0 Å². The summed E-state index contributed by atoms with van der Waals surface area (Å²) in [5, 5.41) is 3.34.